The van der Waals surface area contributed by atoms with Crippen LogP contribution in [0.4, 0.5) is 10.1 Å². The van der Waals surface area contributed by atoms with Crippen molar-refractivity contribution in [1.29, 1.82) is 0 Å². The van der Waals surface area contributed by atoms with Crippen molar-refractivity contribution in [2.75, 3.05) is 5.32 Å². The van der Waals surface area contributed by atoms with Crippen molar-refractivity contribution in [3.63, 3.8) is 0 Å². The second-order valence-corrected chi connectivity index (χ2v) is 4.26. The summed E-state index contributed by atoms with van der Waals surface area (Å²) in [4.78, 5) is 11.6. The quantitative estimate of drug-likeness (QED) is 0.858. The van der Waals surface area contributed by atoms with E-state index in [1.807, 2.05) is 13.8 Å². The Morgan fingerprint density at radius 2 is 2.12 bits per heavy atom. The summed E-state index contributed by atoms with van der Waals surface area (Å²) in [5.74, 6) is -1.04. The van der Waals surface area contributed by atoms with Crippen LogP contribution < -0.4 is 11.1 Å². The van der Waals surface area contributed by atoms with E-state index >= 15 is 0 Å². The Kier molecular flexibility index (Phi) is 4.26. The first kappa shape index (κ1) is 12.9. The molecular formula is C11H14ClFN2O. The molecule has 3 nitrogen and oxygen atoms in total. The van der Waals surface area contributed by atoms with Gasteiger partial charge in [0.15, 0.2) is 0 Å². The first-order chi connectivity index (χ1) is 7.43. The van der Waals surface area contributed by atoms with Crippen LogP contribution in [0.3, 0.4) is 0 Å². The highest BCUT2D eigenvalue weighted by atomic mass is 35.5. The van der Waals surface area contributed by atoms with Crippen LogP contribution >= 0.6 is 11.6 Å². The highest BCUT2D eigenvalue weighted by Gasteiger charge is 2.19. The zero-order valence-electron chi connectivity index (χ0n) is 9.13. The summed E-state index contributed by atoms with van der Waals surface area (Å²) in [6.07, 6.45) is 0. The number of carbonyl (C=O) groups excluding carboxylic acids is 1. The number of carbonyl (C=O) groups is 1. The molecule has 0 unspecified atom stereocenters. The molecule has 1 rings (SSSR count). The van der Waals surface area contributed by atoms with Gasteiger partial charge in [0.25, 0.3) is 0 Å². The monoisotopic (exact) mass is 244 g/mol. The topological polar surface area (TPSA) is 55.1 Å². The smallest absolute Gasteiger partial charge is 0.241 e. The molecule has 0 aliphatic rings. The molecule has 16 heavy (non-hydrogen) atoms. The van der Waals surface area contributed by atoms with Gasteiger partial charge in [0, 0.05) is 0 Å². The zero-order chi connectivity index (χ0) is 12.3. The first-order valence-electron chi connectivity index (χ1n) is 4.94. The largest absolute Gasteiger partial charge is 0.321 e. The van der Waals surface area contributed by atoms with Crippen LogP contribution in [0.2, 0.25) is 5.02 Å². The molecule has 0 saturated carbocycles. The molecule has 5 heteroatoms. The van der Waals surface area contributed by atoms with Gasteiger partial charge in [-0.15, -0.1) is 0 Å². The lowest BCUT2D eigenvalue weighted by molar-refractivity contribution is -0.118. The molecule has 0 spiro atoms. The van der Waals surface area contributed by atoms with Crippen molar-refractivity contribution in [2.24, 2.45) is 11.7 Å². The molecule has 0 fully saturated rings. The van der Waals surface area contributed by atoms with E-state index < -0.39 is 17.8 Å². The number of para-hydroxylation sites is 1. The molecule has 1 aromatic carbocycles. The average molecular weight is 245 g/mol. The van der Waals surface area contributed by atoms with Crippen LogP contribution in [0.1, 0.15) is 13.8 Å². The van der Waals surface area contributed by atoms with E-state index in [1.54, 1.807) is 0 Å². The Labute approximate surface area is 98.8 Å². The lowest BCUT2D eigenvalue weighted by Crippen LogP contribution is -2.40. The maximum Gasteiger partial charge on any atom is 0.241 e. The van der Waals surface area contributed by atoms with Crippen molar-refractivity contribution in [3.05, 3.63) is 29.0 Å². The van der Waals surface area contributed by atoms with Gasteiger partial charge >= 0.3 is 0 Å². The summed E-state index contributed by atoms with van der Waals surface area (Å²) in [6.45, 7) is 3.63. The van der Waals surface area contributed by atoms with E-state index in [-0.39, 0.29) is 16.6 Å². The Balaban J connectivity index is 2.85. The molecule has 3 N–H and O–H groups in total. The van der Waals surface area contributed by atoms with Gasteiger partial charge in [0.1, 0.15) is 5.82 Å². The summed E-state index contributed by atoms with van der Waals surface area (Å²) in [7, 11) is 0. The van der Waals surface area contributed by atoms with Crippen molar-refractivity contribution < 1.29 is 9.18 Å². The predicted molar refractivity (Wildman–Crippen MR) is 62.9 cm³/mol. The molecule has 0 heterocycles. The number of benzene rings is 1. The lowest BCUT2D eigenvalue weighted by Gasteiger charge is -2.16. The Hall–Kier alpha value is -1.13. The van der Waals surface area contributed by atoms with Crippen LogP contribution in [0.5, 0.6) is 0 Å². The van der Waals surface area contributed by atoms with Crippen LogP contribution in [-0.4, -0.2) is 11.9 Å². The molecule has 0 aromatic heterocycles. The van der Waals surface area contributed by atoms with Crippen molar-refractivity contribution in [3.8, 4) is 0 Å². The van der Waals surface area contributed by atoms with Crippen molar-refractivity contribution in [2.45, 2.75) is 19.9 Å². The maximum absolute atomic E-state index is 13.3. The second-order valence-electron chi connectivity index (χ2n) is 3.86. The molecule has 1 aromatic rings. The van der Waals surface area contributed by atoms with E-state index in [9.17, 15) is 9.18 Å². The molecule has 1 atom stereocenters. The van der Waals surface area contributed by atoms with Gasteiger partial charge < -0.3 is 11.1 Å². The van der Waals surface area contributed by atoms with E-state index in [2.05, 4.69) is 5.32 Å². The minimum absolute atomic E-state index is 0.0226. The highest BCUT2D eigenvalue weighted by molar-refractivity contribution is 6.33. The minimum atomic E-state index is -0.685. The Morgan fingerprint density at radius 3 is 2.62 bits per heavy atom. The summed E-state index contributed by atoms with van der Waals surface area (Å²) < 4.78 is 13.3. The number of nitrogens with one attached hydrogen (secondary N) is 1. The van der Waals surface area contributed by atoms with E-state index in [0.29, 0.717) is 0 Å². The van der Waals surface area contributed by atoms with Crippen molar-refractivity contribution in [1.82, 2.24) is 0 Å². The van der Waals surface area contributed by atoms with Gasteiger partial charge in [-0.05, 0) is 18.1 Å². The van der Waals surface area contributed by atoms with Crippen LogP contribution in [0.25, 0.3) is 0 Å². The van der Waals surface area contributed by atoms with Crippen LogP contribution in [0, 0.1) is 11.7 Å². The summed E-state index contributed by atoms with van der Waals surface area (Å²) in [6, 6.07) is 3.51. The number of hydrogen-bond acceptors (Lipinski definition) is 2. The second kappa shape index (κ2) is 5.27. The average Bonchev–Trinajstić information content (AvgIpc) is 2.22. The minimum Gasteiger partial charge on any atom is -0.321 e. The Morgan fingerprint density at radius 1 is 1.50 bits per heavy atom. The third kappa shape index (κ3) is 2.93. The summed E-state index contributed by atoms with van der Waals surface area (Å²) in [5.41, 5.74) is 5.61. The van der Waals surface area contributed by atoms with E-state index in [4.69, 9.17) is 17.3 Å². The number of hydrogen-bond donors (Lipinski definition) is 2. The highest BCUT2D eigenvalue weighted by Crippen LogP contribution is 2.24. The number of halogens is 2. The molecule has 0 aliphatic heterocycles. The number of nitrogens with two attached hydrogens (primary N) is 1. The third-order valence-corrected chi connectivity index (χ3v) is 2.55. The molecule has 0 bridgehead atoms. The zero-order valence-corrected chi connectivity index (χ0v) is 9.88. The van der Waals surface area contributed by atoms with Gasteiger partial charge in [-0.25, -0.2) is 4.39 Å². The summed E-state index contributed by atoms with van der Waals surface area (Å²) >= 11 is 5.76. The number of amides is 1. The molecule has 0 radical (unpaired) electrons. The van der Waals surface area contributed by atoms with E-state index in [1.165, 1.54) is 18.2 Å². The fourth-order valence-electron chi connectivity index (χ4n) is 1.13. The van der Waals surface area contributed by atoms with Crippen LogP contribution in [-0.2, 0) is 4.79 Å². The molecular weight excluding hydrogens is 231 g/mol. The number of anilines is 1. The van der Waals surface area contributed by atoms with E-state index in [0.717, 1.165) is 0 Å². The maximum atomic E-state index is 13.3. The van der Waals surface area contributed by atoms with Gasteiger partial charge in [-0.1, -0.05) is 31.5 Å². The fourth-order valence-corrected chi connectivity index (χ4v) is 1.34. The molecule has 88 valence electrons. The summed E-state index contributed by atoms with van der Waals surface area (Å²) in [5, 5.41) is 2.55. The third-order valence-electron chi connectivity index (χ3n) is 2.23. The standard InChI is InChI=1S/C11H14ClFN2O/c1-6(2)9(14)11(16)15-10-7(12)4-3-5-8(10)13/h3-6,9H,14H2,1-2H3,(H,15,16)/t9-/m0/s1. The van der Waals surface area contributed by atoms with Gasteiger partial charge in [-0.3, -0.25) is 4.79 Å². The predicted octanol–water partition coefficient (Wildman–Crippen LogP) is 2.40. The van der Waals surface area contributed by atoms with Crippen molar-refractivity contribution >= 4 is 23.2 Å². The van der Waals surface area contributed by atoms with Gasteiger partial charge in [0.2, 0.25) is 5.91 Å². The normalized spacial score (nSPS) is 12.6. The molecule has 0 aliphatic carbocycles. The van der Waals surface area contributed by atoms with Crippen LogP contribution in [0.15, 0.2) is 18.2 Å². The van der Waals surface area contributed by atoms with Gasteiger partial charge in [-0.2, -0.15) is 0 Å². The molecule has 0 saturated heterocycles. The number of rotatable bonds is 3. The Bertz CT molecular complexity index is 375. The first-order valence-corrected chi connectivity index (χ1v) is 5.31. The molecule has 1 amide bonds. The van der Waals surface area contributed by atoms with Gasteiger partial charge in [0.05, 0.1) is 16.8 Å². The SMILES string of the molecule is CC(C)[C@H](N)C(=O)Nc1c(F)cccc1Cl. The fraction of sp³-hybridized carbons (Fsp3) is 0.364. The lowest BCUT2D eigenvalue weighted by atomic mass is 10.0.